The van der Waals surface area contributed by atoms with Crippen LogP contribution in [0.1, 0.15) is 27.8 Å². The molecule has 4 rings (SSSR count). The van der Waals surface area contributed by atoms with E-state index in [0.717, 1.165) is 34.9 Å². The zero-order chi connectivity index (χ0) is 20.8. The predicted molar refractivity (Wildman–Crippen MR) is 123 cm³/mol. The zero-order valence-corrected chi connectivity index (χ0v) is 18.3. The van der Waals surface area contributed by atoms with Crippen LogP contribution in [0.25, 0.3) is 0 Å². The van der Waals surface area contributed by atoms with Crippen LogP contribution in [0.5, 0.6) is 0 Å². The molecule has 3 heterocycles. The van der Waals surface area contributed by atoms with E-state index in [0.29, 0.717) is 6.54 Å². The highest BCUT2D eigenvalue weighted by atomic mass is 32.1. The minimum atomic E-state index is -0.0558. The molecule has 1 unspecified atom stereocenters. The Morgan fingerprint density at radius 2 is 1.87 bits per heavy atom. The van der Waals surface area contributed by atoms with E-state index in [9.17, 15) is 9.90 Å². The van der Waals surface area contributed by atoms with Crippen molar-refractivity contribution in [1.82, 2.24) is 9.91 Å². The Morgan fingerprint density at radius 1 is 1.07 bits per heavy atom. The van der Waals surface area contributed by atoms with Crippen LogP contribution in [0.2, 0.25) is 0 Å². The SMILES string of the molecule is O=C(CN(CCO)CCc1ccccc1)N1N=C(c2cccs2)CC1c1cccs1. The number of aliphatic hydroxyl groups is 1. The van der Waals surface area contributed by atoms with Crippen molar-refractivity contribution >= 4 is 34.3 Å². The molecule has 0 saturated heterocycles. The van der Waals surface area contributed by atoms with Gasteiger partial charge in [0.2, 0.25) is 0 Å². The number of hydrazone groups is 1. The molecule has 0 spiro atoms. The van der Waals surface area contributed by atoms with Crippen molar-refractivity contribution in [2.75, 3.05) is 26.2 Å². The first-order chi connectivity index (χ1) is 14.7. The highest BCUT2D eigenvalue weighted by molar-refractivity contribution is 7.12. The minimum Gasteiger partial charge on any atom is -0.395 e. The van der Waals surface area contributed by atoms with Gasteiger partial charge in [-0.3, -0.25) is 9.69 Å². The Labute approximate surface area is 184 Å². The first-order valence-electron chi connectivity index (χ1n) is 10.1. The number of amides is 1. The van der Waals surface area contributed by atoms with Gasteiger partial charge in [0, 0.05) is 24.4 Å². The molecule has 156 valence electrons. The molecule has 30 heavy (non-hydrogen) atoms. The van der Waals surface area contributed by atoms with E-state index >= 15 is 0 Å². The highest BCUT2D eigenvalue weighted by Gasteiger charge is 2.34. The predicted octanol–water partition coefficient (Wildman–Crippen LogP) is 4.02. The summed E-state index contributed by atoms with van der Waals surface area (Å²) in [7, 11) is 0. The molecule has 1 atom stereocenters. The third-order valence-electron chi connectivity index (χ3n) is 5.18. The summed E-state index contributed by atoms with van der Waals surface area (Å²) in [4.78, 5) is 17.5. The Hall–Kier alpha value is -2.32. The largest absolute Gasteiger partial charge is 0.395 e. The second kappa shape index (κ2) is 10.1. The molecule has 0 fully saturated rings. The lowest BCUT2D eigenvalue weighted by Crippen LogP contribution is -2.40. The number of carbonyl (C=O) groups is 1. The van der Waals surface area contributed by atoms with Crippen molar-refractivity contribution < 1.29 is 9.90 Å². The Kier molecular flexibility index (Phi) is 7.07. The van der Waals surface area contributed by atoms with Crippen LogP contribution in [-0.4, -0.2) is 52.9 Å². The number of aliphatic hydroxyl groups excluding tert-OH is 1. The van der Waals surface area contributed by atoms with Gasteiger partial charge in [-0.15, -0.1) is 22.7 Å². The number of thiophene rings is 2. The van der Waals surface area contributed by atoms with Crippen LogP contribution in [0.3, 0.4) is 0 Å². The number of rotatable bonds is 9. The van der Waals surface area contributed by atoms with Gasteiger partial charge in [-0.25, -0.2) is 5.01 Å². The molecule has 0 radical (unpaired) electrons. The summed E-state index contributed by atoms with van der Waals surface area (Å²) in [6.07, 6.45) is 1.57. The number of carbonyl (C=O) groups excluding carboxylic acids is 1. The maximum absolute atomic E-state index is 13.3. The molecule has 1 aliphatic heterocycles. The summed E-state index contributed by atoms with van der Waals surface area (Å²) in [5.41, 5.74) is 2.19. The Balaban J connectivity index is 1.47. The van der Waals surface area contributed by atoms with Gasteiger partial charge < -0.3 is 5.11 Å². The fraction of sp³-hybridized carbons (Fsp3) is 0.304. The minimum absolute atomic E-state index is 0.0264. The maximum Gasteiger partial charge on any atom is 0.257 e. The van der Waals surface area contributed by atoms with Crippen molar-refractivity contribution in [3.8, 4) is 0 Å². The third kappa shape index (κ3) is 5.05. The molecular formula is C23H25N3O2S2. The van der Waals surface area contributed by atoms with Crippen molar-refractivity contribution in [3.05, 3.63) is 80.7 Å². The smallest absolute Gasteiger partial charge is 0.257 e. The van der Waals surface area contributed by atoms with Gasteiger partial charge in [0.1, 0.15) is 0 Å². The van der Waals surface area contributed by atoms with Crippen LogP contribution in [0.15, 0.2) is 70.5 Å². The molecule has 1 aliphatic rings. The topological polar surface area (TPSA) is 56.1 Å². The van der Waals surface area contributed by atoms with Crippen LogP contribution in [0.4, 0.5) is 0 Å². The Morgan fingerprint density at radius 3 is 2.57 bits per heavy atom. The van der Waals surface area contributed by atoms with Crippen LogP contribution in [0, 0.1) is 0 Å². The fourth-order valence-corrected chi connectivity index (χ4v) is 5.17. The first kappa shape index (κ1) is 20.9. The molecule has 3 aromatic rings. The van der Waals surface area contributed by atoms with Crippen molar-refractivity contribution in [1.29, 1.82) is 0 Å². The second-order valence-corrected chi connectivity index (χ2v) is 9.16. The molecule has 0 aliphatic carbocycles. The molecule has 5 nitrogen and oxygen atoms in total. The van der Waals surface area contributed by atoms with Gasteiger partial charge in [0.05, 0.1) is 29.8 Å². The summed E-state index contributed by atoms with van der Waals surface area (Å²) in [5.74, 6) is -0.0264. The van der Waals surface area contributed by atoms with Gasteiger partial charge in [-0.05, 0) is 34.9 Å². The number of hydrogen-bond acceptors (Lipinski definition) is 6. The van der Waals surface area contributed by atoms with E-state index in [1.54, 1.807) is 27.7 Å². The molecular weight excluding hydrogens is 414 g/mol. The monoisotopic (exact) mass is 439 g/mol. The molecule has 1 amide bonds. The maximum atomic E-state index is 13.3. The molecule has 2 aromatic heterocycles. The van der Waals surface area contributed by atoms with E-state index in [1.165, 1.54) is 5.56 Å². The lowest BCUT2D eigenvalue weighted by atomic mass is 10.1. The third-order valence-corrected chi connectivity index (χ3v) is 7.07. The van der Waals surface area contributed by atoms with E-state index in [4.69, 9.17) is 5.10 Å². The zero-order valence-electron chi connectivity index (χ0n) is 16.7. The van der Waals surface area contributed by atoms with E-state index in [1.807, 2.05) is 46.0 Å². The van der Waals surface area contributed by atoms with Gasteiger partial charge >= 0.3 is 0 Å². The first-order valence-corrected chi connectivity index (χ1v) is 11.8. The molecule has 7 heteroatoms. The second-order valence-electron chi connectivity index (χ2n) is 7.23. The summed E-state index contributed by atoms with van der Waals surface area (Å²) in [6, 6.07) is 18.3. The lowest BCUT2D eigenvalue weighted by Gasteiger charge is -2.26. The number of hydrogen-bond donors (Lipinski definition) is 1. The molecule has 1 N–H and O–H groups in total. The summed E-state index contributed by atoms with van der Waals surface area (Å²) in [5, 5.41) is 20.0. The van der Waals surface area contributed by atoms with Crippen molar-refractivity contribution in [3.63, 3.8) is 0 Å². The average Bonchev–Trinajstić information content (AvgIpc) is 3.53. The van der Waals surface area contributed by atoms with Gasteiger partial charge in [0.25, 0.3) is 5.91 Å². The summed E-state index contributed by atoms with van der Waals surface area (Å²) < 4.78 is 0. The van der Waals surface area contributed by atoms with Crippen molar-refractivity contribution in [2.24, 2.45) is 5.10 Å². The van der Waals surface area contributed by atoms with Crippen LogP contribution >= 0.6 is 22.7 Å². The van der Waals surface area contributed by atoms with Crippen molar-refractivity contribution in [2.45, 2.75) is 18.9 Å². The number of benzene rings is 1. The molecule has 1 aromatic carbocycles. The molecule has 0 bridgehead atoms. The van der Waals surface area contributed by atoms with Gasteiger partial charge in [-0.1, -0.05) is 42.5 Å². The van der Waals surface area contributed by atoms with Gasteiger partial charge in [-0.2, -0.15) is 5.10 Å². The normalized spacial score (nSPS) is 16.3. The fourth-order valence-electron chi connectivity index (χ4n) is 3.64. The quantitative estimate of drug-likeness (QED) is 0.548. The standard InChI is InChI=1S/C23H25N3O2S2/c27-13-12-25(11-10-18-6-2-1-3-7-18)17-23(28)26-20(22-9-5-15-30-22)16-19(24-26)21-8-4-14-29-21/h1-9,14-15,20,27H,10-13,16-17H2. The van der Waals surface area contributed by atoms with Crippen LogP contribution < -0.4 is 0 Å². The molecule has 0 saturated carbocycles. The number of nitrogens with zero attached hydrogens (tertiary/aromatic N) is 3. The van der Waals surface area contributed by atoms with Crippen LogP contribution in [-0.2, 0) is 11.2 Å². The summed E-state index contributed by atoms with van der Waals surface area (Å²) >= 11 is 3.31. The van der Waals surface area contributed by atoms with E-state index < -0.39 is 0 Å². The lowest BCUT2D eigenvalue weighted by molar-refractivity contribution is -0.134. The Bertz CT molecular complexity index is 956. The highest BCUT2D eigenvalue weighted by Crippen LogP contribution is 2.35. The average molecular weight is 440 g/mol. The van der Waals surface area contributed by atoms with Gasteiger partial charge in [0.15, 0.2) is 0 Å². The summed E-state index contributed by atoms with van der Waals surface area (Å²) in [6.45, 7) is 1.46. The van der Waals surface area contributed by atoms with E-state index in [-0.39, 0.29) is 25.1 Å². The van der Waals surface area contributed by atoms with E-state index in [2.05, 4.69) is 24.3 Å².